The van der Waals surface area contributed by atoms with Crippen molar-refractivity contribution in [3.63, 3.8) is 0 Å². The van der Waals surface area contributed by atoms with E-state index in [-0.39, 0.29) is 18.6 Å². The summed E-state index contributed by atoms with van der Waals surface area (Å²) in [5.74, 6) is -0.823. The quantitative estimate of drug-likeness (QED) is 0.624. The van der Waals surface area contributed by atoms with Crippen LogP contribution in [0.5, 0.6) is 0 Å². The van der Waals surface area contributed by atoms with Gasteiger partial charge in [-0.05, 0) is 42.5 Å². The Bertz CT molecular complexity index is 665. The second kappa shape index (κ2) is 9.75. The summed E-state index contributed by atoms with van der Waals surface area (Å²) in [4.78, 5) is 35.0. The Labute approximate surface area is 153 Å². The van der Waals surface area contributed by atoms with Crippen molar-refractivity contribution in [3.05, 3.63) is 41.5 Å². The molecule has 0 aromatic heterocycles. The number of nitrogens with one attached hydrogen (secondary N) is 1. The average molecular weight is 359 g/mol. The number of amides is 1. The van der Waals surface area contributed by atoms with Crippen molar-refractivity contribution in [2.75, 3.05) is 13.7 Å². The Morgan fingerprint density at radius 3 is 2.50 bits per heavy atom. The lowest BCUT2D eigenvalue weighted by molar-refractivity contribution is -0.144. The first-order chi connectivity index (χ1) is 12.5. The van der Waals surface area contributed by atoms with Crippen LogP contribution in [0.15, 0.2) is 30.3 Å². The van der Waals surface area contributed by atoms with Crippen molar-refractivity contribution in [2.24, 2.45) is 5.92 Å². The smallest absolute Gasteiger partial charge is 0.337 e. The summed E-state index contributed by atoms with van der Waals surface area (Å²) in [5, 5.41) is 2.94. The molecular weight excluding hydrogens is 334 g/mol. The fraction of sp³-hybridized carbons (Fsp3) is 0.450. The predicted molar refractivity (Wildman–Crippen MR) is 97.3 cm³/mol. The highest BCUT2D eigenvalue weighted by Gasteiger charge is 2.22. The third-order valence-electron chi connectivity index (χ3n) is 4.55. The Balaban J connectivity index is 1.76. The molecule has 0 heterocycles. The van der Waals surface area contributed by atoms with Gasteiger partial charge in [0.1, 0.15) is 0 Å². The summed E-state index contributed by atoms with van der Waals surface area (Å²) in [7, 11) is 1.32. The van der Waals surface area contributed by atoms with E-state index in [1.165, 1.54) is 19.6 Å². The third-order valence-corrected chi connectivity index (χ3v) is 4.55. The lowest BCUT2D eigenvalue weighted by atomic mass is 9.86. The molecule has 1 fully saturated rings. The van der Waals surface area contributed by atoms with Gasteiger partial charge in [0, 0.05) is 12.1 Å². The van der Waals surface area contributed by atoms with E-state index >= 15 is 0 Å². The molecule has 26 heavy (non-hydrogen) atoms. The normalized spacial score (nSPS) is 19.8. The fourth-order valence-corrected chi connectivity index (χ4v) is 2.98. The van der Waals surface area contributed by atoms with Crippen LogP contribution in [0.4, 0.5) is 0 Å². The van der Waals surface area contributed by atoms with Crippen LogP contribution >= 0.6 is 0 Å². The minimum atomic E-state index is -0.589. The molecule has 0 bridgehead atoms. The first kappa shape index (κ1) is 19.7. The molecule has 1 amide bonds. The molecule has 0 radical (unpaired) electrons. The minimum Gasteiger partial charge on any atom is -0.465 e. The molecular formula is C20H25NO5. The van der Waals surface area contributed by atoms with Crippen molar-refractivity contribution >= 4 is 23.9 Å². The molecule has 1 saturated carbocycles. The Morgan fingerprint density at radius 2 is 1.85 bits per heavy atom. The van der Waals surface area contributed by atoms with Gasteiger partial charge in [0.15, 0.2) is 6.61 Å². The van der Waals surface area contributed by atoms with E-state index in [0.29, 0.717) is 11.5 Å². The molecule has 2 atom stereocenters. The van der Waals surface area contributed by atoms with Crippen molar-refractivity contribution in [3.8, 4) is 0 Å². The molecule has 0 spiro atoms. The van der Waals surface area contributed by atoms with E-state index in [0.717, 1.165) is 24.8 Å². The largest absolute Gasteiger partial charge is 0.465 e. The number of carbonyl (C=O) groups is 3. The minimum absolute atomic E-state index is 0.166. The van der Waals surface area contributed by atoms with Gasteiger partial charge in [0.25, 0.3) is 5.91 Å². The molecule has 1 aliphatic carbocycles. The highest BCUT2D eigenvalue weighted by molar-refractivity contribution is 5.91. The van der Waals surface area contributed by atoms with Crippen LogP contribution in [0.1, 0.15) is 48.5 Å². The van der Waals surface area contributed by atoms with Crippen LogP contribution in [0.25, 0.3) is 6.08 Å². The van der Waals surface area contributed by atoms with Gasteiger partial charge in [-0.15, -0.1) is 0 Å². The zero-order chi connectivity index (χ0) is 18.9. The molecule has 1 aromatic carbocycles. The van der Waals surface area contributed by atoms with Gasteiger partial charge in [-0.1, -0.05) is 31.9 Å². The number of methoxy groups -OCH3 is 1. The van der Waals surface area contributed by atoms with Crippen LogP contribution in [0, 0.1) is 5.92 Å². The third kappa shape index (κ3) is 6.02. The van der Waals surface area contributed by atoms with Gasteiger partial charge < -0.3 is 14.8 Å². The lowest BCUT2D eigenvalue weighted by Crippen LogP contribution is -2.42. The second-order valence-corrected chi connectivity index (χ2v) is 6.49. The van der Waals surface area contributed by atoms with E-state index in [1.807, 2.05) is 0 Å². The van der Waals surface area contributed by atoms with Crippen molar-refractivity contribution in [1.29, 1.82) is 0 Å². The van der Waals surface area contributed by atoms with Gasteiger partial charge in [-0.25, -0.2) is 9.59 Å². The molecule has 1 aliphatic rings. The maximum Gasteiger partial charge on any atom is 0.337 e. The Morgan fingerprint density at radius 1 is 1.15 bits per heavy atom. The maximum absolute atomic E-state index is 11.9. The van der Waals surface area contributed by atoms with Crippen molar-refractivity contribution in [1.82, 2.24) is 5.32 Å². The number of esters is 2. The van der Waals surface area contributed by atoms with Gasteiger partial charge in [0.2, 0.25) is 0 Å². The summed E-state index contributed by atoms with van der Waals surface area (Å²) in [6.45, 7) is 1.85. The molecule has 2 rings (SSSR count). The van der Waals surface area contributed by atoms with E-state index in [1.54, 1.807) is 30.3 Å². The highest BCUT2D eigenvalue weighted by Crippen LogP contribution is 2.23. The topological polar surface area (TPSA) is 81.7 Å². The molecule has 140 valence electrons. The molecule has 6 nitrogen and oxygen atoms in total. The van der Waals surface area contributed by atoms with E-state index in [2.05, 4.69) is 17.0 Å². The van der Waals surface area contributed by atoms with Gasteiger partial charge in [-0.2, -0.15) is 0 Å². The van der Waals surface area contributed by atoms with Crippen LogP contribution < -0.4 is 5.32 Å². The van der Waals surface area contributed by atoms with Gasteiger partial charge >= 0.3 is 11.9 Å². The van der Waals surface area contributed by atoms with Crippen molar-refractivity contribution in [2.45, 2.75) is 38.6 Å². The first-order valence-electron chi connectivity index (χ1n) is 8.82. The molecule has 0 saturated heterocycles. The fourth-order valence-electron chi connectivity index (χ4n) is 2.98. The summed E-state index contributed by atoms with van der Waals surface area (Å²) in [5.41, 5.74) is 1.16. The van der Waals surface area contributed by atoms with E-state index < -0.39 is 11.9 Å². The molecule has 1 N–H and O–H groups in total. The average Bonchev–Trinajstić information content (AvgIpc) is 2.66. The van der Waals surface area contributed by atoms with E-state index in [9.17, 15) is 14.4 Å². The SMILES string of the molecule is COC(=O)c1ccc(/C=C/C(=O)OCC(=O)N[C@@H]2CCCC[C@H]2C)cc1. The van der Waals surface area contributed by atoms with Crippen LogP contribution in [0.3, 0.4) is 0 Å². The second-order valence-electron chi connectivity index (χ2n) is 6.49. The lowest BCUT2D eigenvalue weighted by Gasteiger charge is -2.29. The van der Waals surface area contributed by atoms with Crippen LogP contribution in [0.2, 0.25) is 0 Å². The monoisotopic (exact) mass is 359 g/mol. The molecule has 1 aromatic rings. The van der Waals surface area contributed by atoms with Gasteiger partial charge in [-0.3, -0.25) is 4.79 Å². The first-order valence-corrected chi connectivity index (χ1v) is 8.82. The van der Waals surface area contributed by atoms with Crippen LogP contribution in [-0.2, 0) is 19.1 Å². The summed E-state index contributed by atoms with van der Waals surface area (Å²) >= 11 is 0. The highest BCUT2D eigenvalue weighted by atomic mass is 16.5. The number of ether oxygens (including phenoxy) is 2. The summed E-state index contributed by atoms with van der Waals surface area (Å²) < 4.78 is 9.59. The summed E-state index contributed by atoms with van der Waals surface area (Å²) in [6.07, 6.45) is 7.22. The summed E-state index contributed by atoms with van der Waals surface area (Å²) in [6, 6.07) is 6.75. The Kier molecular flexibility index (Phi) is 7.38. The standard InChI is InChI=1S/C20H25NO5/c1-14-5-3-4-6-17(14)21-18(22)13-26-19(23)12-9-15-7-10-16(11-8-15)20(24)25-2/h7-12,14,17H,3-6,13H2,1-2H3,(H,21,22)/b12-9+/t14-,17-/m1/s1. The molecule has 0 aliphatic heterocycles. The number of hydrogen-bond acceptors (Lipinski definition) is 5. The van der Waals surface area contributed by atoms with Crippen molar-refractivity contribution < 1.29 is 23.9 Å². The molecule has 0 unspecified atom stereocenters. The number of hydrogen-bond donors (Lipinski definition) is 1. The van der Waals surface area contributed by atoms with E-state index in [4.69, 9.17) is 4.74 Å². The predicted octanol–water partition coefficient (Wildman–Crippen LogP) is 2.72. The zero-order valence-electron chi connectivity index (χ0n) is 15.2. The number of benzene rings is 1. The number of carbonyl (C=O) groups excluding carboxylic acids is 3. The zero-order valence-corrected chi connectivity index (χ0v) is 15.2. The number of rotatable bonds is 6. The maximum atomic E-state index is 11.9. The van der Waals surface area contributed by atoms with Crippen LogP contribution in [-0.4, -0.2) is 37.6 Å². The molecule has 6 heteroatoms. The Hall–Kier alpha value is -2.63. The van der Waals surface area contributed by atoms with Gasteiger partial charge in [0.05, 0.1) is 12.7 Å².